The Balaban J connectivity index is 1.92. The summed E-state index contributed by atoms with van der Waals surface area (Å²) < 4.78 is 27.2. The second-order valence-corrected chi connectivity index (χ2v) is 6.74. The monoisotopic (exact) mass is 294 g/mol. The number of nitrogens with zero attached hydrogens (tertiary/aromatic N) is 2. The number of aromatic nitrogens is 2. The van der Waals surface area contributed by atoms with Crippen LogP contribution in [0.3, 0.4) is 0 Å². The van der Waals surface area contributed by atoms with Gasteiger partial charge < -0.3 is 4.52 Å². The van der Waals surface area contributed by atoms with E-state index in [1.165, 1.54) is 0 Å². The van der Waals surface area contributed by atoms with Crippen molar-refractivity contribution in [1.29, 1.82) is 0 Å². The summed E-state index contributed by atoms with van der Waals surface area (Å²) in [6, 6.07) is 0. The molecule has 2 heterocycles. The topological polar surface area (TPSA) is 73.1 Å². The third kappa shape index (κ3) is 3.01. The molecule has 0 N–H and O–H groups in total. The van der Waals surface area contributed by atoms with Crippen molar-refractivity contribution in [2.24, 2.45) is 5.92 Å². The molecule has 0 unspecified atom stereocenters. The van der Waals surface area contributed by atoms with Gasteiger partial charge in [0.1, 0.15) is 9.84 Å². The zero-order chi connectivity index (χ0) is 10.9. The summed E-state index contributed by atoms with van der Waals surface area (Å²) in [5.41, 5.74) is 0. The molecule has 0 bridgehead atoms. The van der Waals surface area contributed by atoms with Crippen LogP contribution in [0.2, 0.25) is 0 Å². The Morgan fingerprint density at radius 2 is 2.07 bits per heavy atom. The van der Waals surface area contributed by atoms with Crippen molar-refractivity contribution in [1.82, 2.24) is 10.1 Å². The van der Waals surface area contributed by atoms with E-state index in [1.807, 2.05) is 0 Å². The first kappa shape index (κ1) is 11.1. The second-order valence-electron chi connectivity index (χ2n) is 3.76. The fourth-order valence-electron chi connectivity index (χ4n) is 1.72. The Morgan fingerprint density at radius 1 is 1.40 bits per heavy atom. The quantitative estimate of drug-likeness (QED) is 0.819. The van der Waals surface area contributed by atoms with Crippen molar-refractivity contribution in [2.75, 3.05) is 11.5 Å². The van der Waals surface area contributed by atoms with Crippen LogP contribution in [0.25, 0.3) is 0 Å². The van der Waals surface area contributed by atoms with Crippen molar-refractivity contribution in [3.8, 4) is 0 Å². The lowest BCUT2D eigenvalue weighted by molar-refractivity contribution is 0.380. The first-order valence-electron chi connectivity index (χ1n) is 4.74. The molecule has 1 aliphatic rings. The molecular weight excluding hydrogens is 284 g/mol. The number of sulfone groups is 1. The van der Waals surface area contributed by atoms with Crippen molar-refractivity contribution in [3.63, 3.8) is 0 Å². The molecule has 1 aromatic heterocycles. The summed E-state index contributed by atoms with van der Waals surface area (Å²) in [5.74, 6) is 1.58. The largest absolute Gasteiger partial charge is 0.327 e. The van der Waals surface area contributed by atoms with E-state index >= 15 is 0 Å². The van der Waals surface area contributed by atoms with Crippen LogP contribution in [0.4, 0.5) is 0 Å². The average molecular weight is 295 g/mol. The zero-order valence-electron chi connectivity index (χ0n) is 8.02. The lowest BCUT2D eigenvalue weighted by Gasteiger charge is -2.20. The highest BCUT2D eigenvalue weighted by Gasteiger charge is 2.24. The van der Waals surface area contributed by atoms with Crippen LogP contribution in [0.15, 0.2) is 9.32 Å². The van der Waals surface area contributed by atoms with Crippen LogP contribution >= 0.6 is 15.9 Å². The maximum Gasteiger partial charge on any atom is 0.293 e. The van der Waals surface area contributed by atoms with E-state index in [2.05, 4.69) is 26.1 Å². The lowest BCUT2D eigenvalue weighted by atomic mass is 9.99. The predicted octanol–water partition coefficient (Wildman–Crippen LogP) is 1.20. The number of rotatable bonds is 2. The van der Waals surface area contributed by atoms with Gasteiger partial charge in [0, 0.05) is 22.4 Å². The van der Waals surface area contributed by atoms with E-state index in [-0.39, 0.29) is 11.5 Å². The minimum atomic E-state index is -2.78. The van der Waals surface area contributed by atoms with Crippen molar-refractivity contribution < 1.29 is 12.9 Å². The van der Waals surface area contributed by atoms with Crippen LogP contribution < -0.4 is 0 Å². The van der Waals surface area contributed by atoms with Crippen LogP contribution in [0.1, 0.15) is 18.7 Å². The maximum atomic E-state index is 11.2. The van der Waals surface area contributed by atoms with Crippen molar-refractivity contribution in [2.45, 2.75) is 19.3 Å². The van der Waals surface area contributed by atoms with Gasteiger partial charge in [0.2, 0.25) is 0 Å². The van der Waals surface area contributed by atoms with Gasteiger partial charge in [-0.25, -0.2) is 8.42 Å². The number of hydrogen-bond donors (Lipinski definition) is 0. The summed E-state index contributed by atoms with van der Waals surface area (Å²) in [4.78, 5) is 4.41. The molecule has 0 spiro atoms. The molecule has 0 aliphatic carbocycles. The van der Waals surface area contributed by atoms with Gasteiger partial charge in [-0.15, -0.1) is 0 Å². The summed E-state index contributed by atoms with van der Waals surface area (Å²) in [6.45, 7) is 0. The van der Waals surface area contributed by atoms with Crippen LogP contribution in [-0.4, -0.2) is 30.1 Å². The molecule has 84 valence electrons. The molecule has 15 heavy (non-hydrogen) atoms. The fraction of sp³-hybridized carbons (Fsp3) is 0.750. The van der Waals surface area contributed by atoms with Gasteiger partial charge in [-0.2, -0.15) is 4.98 Å². The Morgan fingerprint density at radius 3 is 2.60 bits per heavy atom. The molecule has 0 amide bonds. The van der Waals surface area contributed by atoms with Gasteiger partial charge in [-0.3, -0.25) is 0 Å². The van der Waals surface area contributed by atoms with Crippen LogP contribution in [0, 0.1) is 5.92 Å². The molecule has 2 rings (SSSR count). The Bertz CT molecular complexity index is 428. The Kier molecular flexibility index (Phi) is 3.11. The minimum Gasteiger partial charge on any atom is -0.327 e. The van der Waals surface area contributed by atoms with Gasteiger partial charge in [-0.05, 0) is 18.8 Å². The van der Waals surface area contributed by atoms with Gasteiger partial charge in [0.25, 0.3) is 4.80 Å². The lowest BCUT2D eigenvalue weighted by Crippen LogP contribution is -2.24. The molecule has 1 aromatic rings. The summed E-state index contributed by atoms with van der Waals surface area (Å²) in [6.07, 6.45) is 2.10. The molecule has 0 atom stereocenters. The molecule has 7 heteroatoms. The fourth-order valence-corrected chi connectivity index (χ4v) is 3.58. The normalized spacial score (nSPS) is 21.7. The molecule has 0 radical (unpaired) electrons. The molecule has 0 aromatic carbocycles. The third-order valence-electron chi connectivity index (χ3n) is 2.59. The first-order chi connectivity index (χ1) is 7.05. The SMILES string of the molecule is O=S1(=O)CCC(Cc2noc(Br)n2)CC1. The Labute approximate surface area is 96.3 Å². The highest BCUT2D eigenvalue weighted by atomic mass is 79.9. The van der Waals surface area contributed by atoms with E-state index in [1.54, 1.807) is 0 Å². The first-order valence-corrected chi connectivity index (χ1v) is 7.35. The molecule has 0 saturated carbocycles. The zero-order valence-corrected chi connectivity index (χ0v) is 10.4. The van der Waals surface area contributed by atoms with E-state index in [0.29, 0.717) is 35.8 Å². The molecule has 1 saturated heterocycles. The summed E-state index contributed by atoms with van der Waals surface area (Å²) in [5, 5.41) is 3.76. The highest BCUT2D eigenvalue weighted by molar-refractivity contribution is 9.10. The van der Waals surface area contributed by atoms with Crippen LogP contribution in [0.5, 0.6) is 0 Å². The minimum absolute atomic E-state index is 0.288. The van der Waals surface area contributed by atoms with E-state index in [4.69, 9.17) is 4.52 Å². The molecule has 1 fully saturated rings. The molecule has 5 nitrogen and oxygen atoms in total. The molecule has 1 aliphatic heterocycles. The predicted molar refractivity (Wildman–Crippen MR) is 57.1 cm³/mol. The van der Waals surface area contributed by atoms with Crippen molar-refractivity contribution in [3.05, 3.63) is 10.6 Å². The van der Waals surface area contributed by atoms with Gasteiger partial charge in [-0.1, -0.05) is 5.16 Å². The van der Waals surface area contributed by atoms with Crippen LogP contribution in [-0.2, 0) is 16.3 Å². The number of halogens is 1. The summed E-state index contributed by atoms with van der Waals surface area (Å²) in [7, 11) is -2.78. The van der Waals surface area contributed by atoms with Gasteiger partial charge in [0.15, 0.2) is 5.82 Å². The van der Waals surface area contributed by atoms with E-state index < -0.39 is 9.84 Å². The Hall–Kier alpha value is -0.430. The molecular formula is C8H11BrN2O3S. The third-order valence-corrected chi connectivity index (χ3v) is 4.63. The highest BCUT2D eigenvalue weighted by Crippen LogP contribution is 2.22. The van der Waals surface area contributed by atoms with Gasteiger partial charge >= 0.3 is 0 Å². The second kappa shape index (κ2) is 4.21. The van der Waals surface area contributed by atoms with Gasteiger partial charge in [0.05, 0.1) is 11.5 Å². The average Bonchev–Trinajstić information content (AvgIpc) is 2.55. The van der Waals surface area contributed by atoms with E-state index in [9.17, 15) is 8.42 Å². The van der Waals surface area contributed by atoms with E-state index in [0.717, 1.165) is 0 Å². The smallest absolute Gasteiger partial charge is 0.293 e. The summed E-state index contributed by atoms with van der Waals surface area (Å²) >= 11 is 3.08. The standard InChI is InChI=1S/C8H11BrN2O3S/c9-8-10-7(11-14-8)5-6-1-3-15(12,13)4-2-6/h6H,1-5H2. The van der Waals surface area contributed by atoms with Crippen molar-refractivity contribution >= 4 is 25.8 Å². The number of hydrogen-bond acceptors (Lipinski definition) is 5. The maximum absolute atomic E-state index is 11.2.